The third-order valence-electron chi connectivity index (χ3n) is 3.77. The SMILES string of the molecule is COCC[C@H](NC(=O)c1ccc(N)cc1-c1ccccc1)C(=O)OC. The number of hydrogen-bond donors (Lipinski definition) is 2. The summed E-state index contributed by atoms with van der Waals surface area (Å²) in [7, 11) is 2.82. The van der Waals surface area contributed by atoms with Crippen LogP contribution in [0.2, 0.25) is 0 Å². The minimum absolute atomic E-state index is 0.324. The lowest BCUT2D eigenvalue weighted by atomic mass is 9.98. The van der Waals surface area contributed by atoms with Gasteiger partial charge in [-0.2, -0.15) is 0 Å². The average molecular weight is 342 g/mol. The highest BCUT2D eigenvalue weighted by molar-refractivity contribution is 6.03. The molecule has 0 unspecified atom stereocenters. The predicted octanol–water partition coefficient (Wildman–Crippen LogP) is 2.24. The third kappa shape index (κ3) is 4.81. The molecule has 0 aliphatic heterocycles. The highest BCUT2D eigenvalue weighted by Gasteiger charge is 2.23. The fourth-order valence-electron chi connectivity index (χ4n) is 2.48. The van der Waals surface area contributed by atoms with Gasteiger partial charge in [0.1, 0.15) is 6.04 Å². The van der Waals surface area contributed by atoms with Gasteiger partial charge < -0.3 is 20.5 Å². The molecule has 2 rings (SSSR count). The van der Waals surface area contributed by atoms with E-state index < -0.39 is 12.0 Å². The van der Waals surface area contributed by atoms with Crippen LogP contribution in [0.3, 0.4) is 0 Å². The molecule has 0 heterocycles. The van der Waals surface area contributed by atoms with Crippen LogP contribution >= 0.6 is 0 Å². The summed E-state index contributed by atoms with van der Waals surface area (Å²) in [5.74, 6) is -0.882. The van der Waals surface area contributed by atoms with E-state index in [2.05, 4.69) is 5.32 Å². The fourth-order valence-corrected chi connectivity index (χ4v) is 2.48. The minimum atomic E-state index is -0.779. The summed E-state index contributed by atoms with van der Waals surface area (Å²) < 4.78 is 9.74. The van der Waals surface area contributed by atoms with Crippen molar-refractivity contribution in [3.63, 3.8) is 0 Å². The first kappa shape index (κ1) is 18.5. The number of esters is 1. The lowest BCUT2D eigenvalue weighted by Gasteiger charge is -2.18. The number of carbonyl (C=O) groups is 2. The second-order valence-electron chi connectivity index (χ2n) is 5.50. The van der Waals surface area contributed by atoms with Crippen LogP contribution in [0.25, 0.3) is 11.1 Å². The van der Waals surface area contributed by atoms with E-state index in [1.165, 1.54) is 14.2 Å². The lowest BCUT2D eigenvalue weighted by molar-refractivity contribution is -0.143. The quantitative estimate of drug-likeness (QED) is 0.595. The lowest BCUT2D eigenvalue weighted by Crippen LogP contribution is -2.42. The number of nitrogens with one attached hydrogen (secondary N) is 1. The maximum absolute atomic E-state index is 12.7. The first-order valence-electron chi connectivity index (χ1n) is 7.89. The highest BCUT2D eigenvalue weighted by Crippen LogP contribution is 2.26. The largest absolute Gasteiger partial charge is 0.467 e. The molecule has 0 spiro atoms. The van der Waals surface area contributed by atoms with Gasteiger partial charge in [0.2, 0.25) is 0 Å². The molecule has 0 aliphatic rings. The molecule has 1 amide bonds. The first-order valence-corrected chi connectivity index (χ1v) is 7.89. The van der Waals surface area contributed by atoms with Gasteiger partial charge in [-0.25, -0.2) is 4.79 Å². The number of rotatable bonds is 7. The molecule has 6 heteroatoms. The molecule has 0 aromatic heterocycles. The Morgan fingerprint density at radius 3 is 2.48 bits per heavy atom. The standard InChI is InChI=1S/C19H22N2O4/c1-24-11-10-17(19(23)25-2)21-18(22)15-9-8-14(20)12-16(15)13-6-4-3-5-7-13/h3-9,12,17H,10-11,20H2,1-2H3,(H,21,22)/t17-/m0/s1. The molecule has 0 saturated heterocycles. The normalized spacial score (nSPS) is 11.6. The monoisotopic (exact) mass is 342 g/mol. The number of amides is 1. The molecule has 2 aromatic rings. The summed E-state index contributed by atoms with van der Waals surface area (Å²) in [6.45, 7) is 0.327. The van der Waals surface area contributed by atoms with Crippen molar-refractivity contribution in [1.82, 2.24) is 5.32 Å². The van der Waals surface area contributed by atoms with Crippen molar-refractivity contribution in [2.45, 2.75) is 12.5 Å². The van der Waals surface area contributed by atoms with Crippen molar-refractivity contribution in [1.29, 1.82) is 0 Å². The van der Waals surface area contributed by atoms with Crippen LogP contribution in [0.5, 0.6) is 0 Å². The van der Waals surface area contributed by atoms with Crippen LogP contribution in [-0.4, -0.2) is 38.7 Å². The Morgan fingerprint density at radius 2 is 1.84 bits per heavy atom. The molecule has 6 nitrogen and oxygen atoms in total. The molecule has 25 heavy (non-hydrogen) atoms. The number of benzene rings is 2. The number of nitrogens with two attached hydrogens (primary N) is 1. The van der Waals surface area contributed by atoms with Crippen molar-refractivity contribution in [3.05, 3.63) is 54.1 Å². The Morgan fingerprint density at radius 1 is 1.12 bits per heavy atom. The molecule has 0 radical (unpaired) electrons. The Hall–Kier alpha value is -2.86. The summed E-state index contributed by atoms with van der Waals surface area (Å²) >= 11 is 0. The van der Waals surface area contributed by atoms with E-state index in [-0.39, 0.29) is 5.91 Å². The molecule has 1 atom stereocenters. The van der Waals surface area contributed by atoms with Gasteiger partial charge in [-0.15, -0.1) is 0 Å². The van der Waals surface area contributed by atoms with Crippen molar-refractivity contribution in [2.75, 3.05) is 26.6 Å². The number of nitrogen functional groups attached to an aromatic ring is 1. The van der Waals surface area contributed by atoms with Crippen LogP contribution in [-0.2, 0) is 14.3 Å². The van der Waals surface area contributed by atoms with Crippen molar-refractivity contribution in [2.24, 2.45) is 0 Å². The van der Waals surface area contributed by atoms with Crippen LogP contribution in [0.1, 0.15) is 16.8 Å². The Labute approximate surface area is 146 Å². The van der Waals surface area contributed by atoms with Gasteiger partial charge in [0.25, 0.3) is 5.91 Å². The van der Waals surface area contributed by atoms with Gasteiger partial charge in [0.15, 0.2) is 0 Å². The maximum Gasteiger partial charge on any atom is 0.328 e. The van der Waals surface area contributed by atoms with Crippen LogP contribution in [0.4, 0.5) is 5.69 Å². The van der Waals surface area contributed by atoms with E-state index in [4.69, 9.17) is 15.2 Å². The van der Waals surface area contributed by atoms with Gasteiger partial charge in [-0.1, -0.05) is 30.3 Å². The Kier molecular flexibility index (Phi) is 6.54. The van der Waals surface area contributed by atoms with Crippen LogP contribution in [0, 0.1) is 0 Å². The van der Waals surface area contributed by atoms with Gasteiger partial charge in [-0.3, -0.25) is 4.79 Å². The number of methoxy groups -OCH3 is 2. The summed E-state index contributed by atoms with van der Waals surface area (Å²) in [5, 5.41) is 2.71. The minimum Gasteiger partial charge on any atom is -0.467 e. The van der Waals surface area contributed by atoms with E-state index >= 15 is 0 Å². The zero-order chi connectivity index (χ0) is 18.2. The van der Waals surface area contributed by atoms with E-state index in [9.17, 15) is 9.59 Å². The van der Waals surface area contributed by atoms with Gasteiger partial charge in [-0.05, 0) is 29.3 Å². The number of hydrogen-bond acceptors (Lipinski definition) is 5. The zero-order valence-corrected chi connectivity index (χ0v) is 14.3. The van der Waals surface area contributed by atoms with E-state index in [0.717, 1.165) is 5.56 Å². The number of carbonyl (C=O) groups excluding carboxylic acids is 2. The molecule has 132 valence electrons. The van der Waals surface area contributed by atoms with E-state index in [0.29, 0.717) is 29.8 Å². The van der Waals surface area contributed by atoms with E-state index in [1.807, 2.05) is 30.3 Å². The smallest absolute Gasteiger partial charge is 0.328 e. The zero-order valence-electron chi connectivity index (χ0n) is 14.3. The fraction of sp³-hybridized carbons (Fsp3) is 0.263. The first-order chi connectivity index (χ1) is 12.1. The maximum atomic E-state index is 12.7. The van der Waals surface area contributed by atoms with Crippen molar-refractivity contribution in [3.8, 4) is 11.1 Å². The van der Waals surface area contributed by atoms with E-state index in [1.54, 1.807) is 18.2 Å². The highest BCUT2D eigenvalue weighted by atomic mass is 16.5. The molecule has 0 saturated carbocycles. The molecule has 2 aromatic carbocycles. The van der Waals surface area contributed by atoms with Gasteiger partial charge in [0.05, 0.1) is 7.11 Å². The summed E-state index contributed by atoms with van der Waals surface area (Å²) in [6, 6.07) is 13.7. The van der Waals surface area contributed by atoms with Gasteiger partial charge >= 0.3 is 5.97 Å². The molecular weight excluding hydrogens is 320 g/mol. The summed E-state index contributed by atoms with van der Waals surface area (Å²) in [4.78, 5) is 24.6. The molecular formula is C19H22N2O4. The third-order valence-corrected chi connectivity index (χ3v) is 3.77. The number of ether oxygens (including phenoxy) is 2. The topological polar surface area (TPSA) is 90.6 Å². The molecule has 3 N–H and O–H groups in total. The number of anilines is 1. The summed E-state index contributed by atoms with van der Waals surface area (Å²) in [6.07, 6.45) is 0.324. The Balaban J connectivity index is 2.30. The van der Waals surface area contributed by atoms with Crippen LogP contribution in [0.15, 0.2) is 48.5 Å². The molecule has 0 bridgehead atoms. The Bertz CT molecular complexity index is 731. The predicted molar refractivity (Wildman–Crippen MR) is 96.1 cm³/mol. The summed E-state index contributed by atoms with van der Waals surface area (Å²) in [5.41, 5.74) is 8.44. The van der Waals surface area contributed by atoms with Crippen molar-refractivity contribution < 1.29 is 19.1 Å². The average Bonchev–Trinajstić information content (AvgIpc) is 2.64. The van der Waals surface area contributed by atoms with Gasteiger partial charge in [0, 0.05) is 31.4 Å². The second kappa shape index (κ2) is 8.84. The molecule has 0 aliphatic carbocycles. The van der Waals surface area contributed by atoms with Crippen molar-refractivity contribution >= 4 is 17.6 Å². The van der Waals surface area contributed by atoms with Crippen LogP contribution < -0.4 is 11.1 Å². The molecule has 0 fully saturated rings. The second-order valence-corrected chi connectivity index (χ2v) is 5.50.